The van der Waals surface area contributed by atoms with E-state index in [9.17, 15) is 0 Å². The minimum absolute atomic E-state index is 0. The molecule has 0 heterocycles. The molecule has 0 amide bonds. The van der Waals surface area contributed by atoms with Gasteiger partial charge in [-0.25, -0.2) is 12.2 Å². The number of hydrogen-bond donors (Lipinski definition) is 0. The third-order valence-corrected chi connectivity index (χ3v) is 7.24. The van der Waals surface area contributed by atoms with Crippen LogP contribution in [0, 0.1) is 19.1 Å². The maximum absolute atomic E-state index is 3.67. The van der Waals surface area contributed by atoms with Gasteiger partial charge >= 0.3 is 76.7 Å². The fourth-order valence-electron chi connectivity index (χ4n) is 4.17. The molecule has 0 nitrogen and oxygen atoms in total. The van der Waals surface area contributed by atoms with Gasteiger partial charge in [0.2, 0.25) is 0 Å². The Hall–Kier alpha value is -1.53. The van der Waals surface area contributed by atoms with Crippen LogP contribution in [-0.4, -0.2) is 3.21 Å². The van der Waals surface area contributed by atoms with Gasteiger partial charge < -0.3 is 24.8 Å². The summed E-state index contributed by atoms with van der Waals surface area (Å²) in [5.41, 5.74) is 11.4. The second-order valence-corrected chi connectivity index (χ2v) is 13.7. The number of aryl methyl sites for hydroxylation is 1. The molecule has 0 spiro atoms. The largest absolute Gasteiger partial charge is 1.00 e. The third-order valence-electron chi connectivity index (χ3n) is 6.53. The zero-order chi connectivity index (χ0) is 26.5. The molecule has 0 bridgehead atoms. The fraction of sp³-hybridized carbons (Fsp3) is 0.343. The molecule has 0 N–H and O–H groups in total. The van der Waals surface area contributed by atoms with E-state index in [4.69, 9.17) is 0 Å². The van der Waals surface area contributed by atoms with E-state index in [-0.39, 0.29) is 35.6 Å². The summed E-state index contributed by atoms with van der Waals surface area (Å²) in [5.74, 6) is 0. The molecule has 0 aromatic heterocycles. The fourth-order valence-corrected chi connectivity index (χ4v) is 4.58. The number of hydrogen-bond acceptors (Lipinski definition) is 0. The van der Waals surface area contributed by atoms with Gasteiger partial charge in [-0.2, -0.15) is 29.8 Å². The molecule has 0 fully saturated rings. The minimum Gasteiger partial charge on any atom is -1.00 e. The van der Waals surface area contributed by atoms with Gasteiger partial charge in [0.05, 0.1) is 0 Å². The molecule has 0 aliphatic heterocycles. The Bertz CT molecular complexity index is 1200. The maximum Gasteiger partial charge on any atom is -0.109 e. The molecule has 200 valence electrons. The van der Waals surface area contributed by atoms with Crippen molar-refractivity contribution in [1.29, 1.82) is 0 Å². The van der Waals surface area contributed by atoms with Crippen LogP contribution in [0.5, 0.6) is 0 Å². The van der Waals surface area contributed by atoms with Crippen LogP contribution in [0.4, 0.5) is 0 Å². The molecular weight excluding hydrogens is 583 g/mol. The first-order valence-electron chi connectivity index (χ1n) is 12.9. The summed E-state index contributed by atoms with van der Waals surface area (Å²) in [4.78, 5) is 0. The van der Waals surface area contributed by atoms with Crippen molar-refractivity contribution in [2.75, 3.05) is 0 Å². The second kappa shape index (κ2) is 14.7. The Labute approximate surface area is 259 Å². The van der Waals surface area contributed by atoms with Gasteiger partial charge in [0.25, 0.3) is 0 Å². The van der Waals surface area contributed by atoms with Crippen LogP contribution in [-0.2, 0) is 41.5 Å². The topological polar surface area (TPSA) is 0 Å². The van der Waals surface area contributed by atoms with Crippen LogP contribution in [0.15, 0.2) is 72.8 Å². The Morgan fingerprint density at radius 3 is 1.92 bits per heavy atom. The molecular formula is C35H40Cl2Zr-2. The predicted molar refractivity (Wildman–Crippen MR) is 153 cm³/mol. The predicted octanol–water partition coefficient (Wildman–Crippen LogP) is 3.05. The minimum atomic E-state index is 0. The summed E-state index contributed by atoms with van der Waals surface area (Å²) in [5, 5.41) is 0. The quantitative estimate of drug-likeness (QED) is 0.287. The van der Waals surface area contributed by atoms with Gasteiger partial charge in [0.1, 0.15) is 0 Å². The van der Waals surface area contributed by atoms with E-state index < -0.39 is 0 Å². The van der Waals surface area contributed by atoms with E-state index >= 15 is 0 Å². The first-order chi connectivity index (χ1) is 16.9. The van der Waals surface area contributed by atoms with Crippen LogP contribution in [0.1, 0.15) is 88.3 Å². The van der Waals surface area contributed by atoms with E-state index in [0.29, 0.717) is 0 Å². The number of halogens is 2. The first-order valence-corrected chi connectivity index (χ1v) is 14.1. The molecule has 0 unspecified atom stereocenters. The van der Waals surface area contributed by atoms with Crippen molar-refractivity contribution in [3.05, 3.63) is 118 Å². The van der Waals surface area contributed by atoms with E-state index in [1.807, 2.05) is 12.2 Å². The van der Waals surface area contributed by atoms with Gasteiger partial charge in [-0.05, 0) is 28.4 Å². The standard InChI is InChI=1S/C21H25.C9H10.C5H5.2ClH.Zr/c1-20(2,3)16-7-9-18-14(12-16)11-15-13-17(21(4,5)6)8-10-19(15)18;1-3-9-6-4-8(2)5-7-9;1-2-4-5-3-1;;;/h7-10,12H,11H2,1-6H3;4-7H,1-2H3;1-3H,4H2;2*1H;/q-1;;-1;;;+2/p-2. The summed E-state index contributed by atoms with van der Waals surface area (Å²) in [6.07, 6.45) is 11.0. The molecule has 38 heavy (non-hydrogen) atoms. The molecule has 3 aromatic carbocycles. The van der Waals surface area contributed by atoms with Crippen molar-refractivity contribution >= 4 is 3.21 Å². The zero-order valence-electron chi connectivity index (χ0n) is 24.1. The Morgan fingerprint density at radius 2 is 1.45 bits per heavy atom. The Morgan fingerprint density at radius 1 is 0.816 bits per heavy atom. The first kappa shape index (κ1) is 34.5. The number of benzene rings is 3. The molecule has 3 aromatic rings. The van der Waals surface area contributed by atoms with Crippen molar-refractivity contribution in [3.63, 3.8) is 0 Å². The molecule has 0 radical (unpaired) electrons. The molecule has 3 heteroatoms. The summed E-state index contributed by atoms with van der Waals surface area (Å²) < 4.78 is 1.46. The van der Waals surface area contributed by atoms with E-state index in [2.05, 4.69) is 128 Å². The second-order valence-electron chi connectivity index (χ2n) is 11.8. The monoisotopic (exact) mass is 620 g/mol. The summed E-state index contributed by atoms with van der Waals surface area (Å²) in [6, 6.07) is 23.8. The van der Waals surface area contributed by atoms with Gasteiger partial charge in [-0.3, -0.25) is 6.08 Å². The molecule has 0 atom stereocenters. The average molecular weight is 623 g/mol. The Balaban J connectivity index is 0.000000354. The van der Waals surface area contributed by atoms with Crippen molar-refractivity contribution in [3.8, 4) is 11.1 Å². The van der Waals surface area contributed by atoms with Crippen molar-refractivity contribution < 1.29 is 49.0 Å². The van der Waals surface area contributed by atoms with Gasteiger partial charge in [-0.1, -0.05) is 65.3 Å². The van der Waals surface area contributed by atoms with E-state index in [0.717, 1.165) is 12.8 Å². The van der Waals surface area contributed by atoms with Gasteiger partial charge in [0.15, 0.2) is 0 Å². The number of rotatable bonds is 1. The summed E-state index contributed by atoms with van der Waals surface area (Å²) in [7, 11) is 0. The zero-order valence-corrected chi connectivity index (χ0v) is 28.1. The van der Waals surface area contributed by atoms with Crippen LogP contribution in [0.2, 0.25) is 0 Å². The molecule has 0 saturated carbocycles. The van der Waals surface area contributed by atoms with Gasteiger partial charge in [-0.15, -0.1) is 17.5 Å². The number of allylic oxidation sites excluding steroid dienone is 4. The molecule has 5 rings (SSSR count). The van der Waals surface area contributed by atoms with Crippen molar-refractivity contribution in [1.82, 2.24) is 0 Å². The maximum atomic E-state index is 3.67. The SMILES string of the molecule is CC(C)(C)c1[c-]c2c(cc1)-c1ccc(C(C)(C)C)cc1C2.C[C](=[Zr+2])c1ccc(C)cc1.[C-]1=CC=CC1.[Cl-].[Cl-]. The summed E-state index contributed by atoms with van der Waals surface area (Å²) in [6.45, 7) is 17.9. The third kappa shape index (κ3) is 9.59. The normalized spacial score (nSPS) is 12.6. The smallest absolute Gasteiger partial charge is 0.109 e. The van der Waals surface area contributed by atoms with Crippen molar-refractivity contribution in [2.24, 2.45) is 0 Å². The van der Waals surface area contributed by atoms with Crippen LogP contribution in [0.3, 0.4) is 0 Å². The summed E-state index contributed by atoms with van der Waals surface area (Å²) >= 11 is 1.51. The average Bonchev–Trinajstić information content (AvgIpc) is 3.49. The van der Waals surface area contributed by atoms with Crippen LogP contribution < -0.4 is 24.8 Å². The van der Waals surface area contributed by atoms with Crippen LogP contribution >= 0.6 is 0 Å². The van der Waals surface area contributed by atoms with E-state index in [1.54, 1.807) is 0 Å². The Kier molecular flexibility index (Phi) is 13.4. The molecule has 0 saturated heterocycles. The van der Waals surface area contributed by atoms with E-state index in [1.165, 1.54) is 71.9 Å². The number of fused-ring (bicyclic) bond motifs is 3. The molecule has 2 aliphatic carbocycles. The van der Waals surface area contributed by atoms with Crippen molar-refractivity contribution in [2.45, 2.75) is 79.1 Å². The van der Waals surface area contributed by atoms with Gasteiger partial charge in [0, 0.05) is 0 Å². The van der Waals surface area contributed by atoms with Crippen LogP contribution in [0.25, 0.3) is 11.1 Å². The molecule has 2 aliphatic rings.